The number of aromatic nitrogens is 1. The zero-order valence-corrected chi connectivity index (χ0v) is 13.8. The maximum absolute atomic E-state index is 6.25. The average Bonchev–Trinajstić information content (AvgIpc) is 2.83. The molecule has 0 aliphatic carbocycles. The second-order valence-electron chi connectivity index (χ2n) is 5.56. The predicted octanol–water partition coefficient (Wildman–Crippen LogP) is 3.60. The third-order valence-electron chi connectivity index (χ3n) is 3.85. The van der Waals surface area contributed by atoms with Crippen molar-refractivity contribution in [2.45, 2.75) is 13.0 Å². The molecule has 0 atom stereocenters. The van der Waals surface area contributed by atoms with Crippen LogP contribution in [0.15, 0.2) is 29.6 Å². The minimum Gasteiger partial charge on any atom is -0.305 e. The van der Waals surface area contributed by atoms with Crippen LogP contribution in [0.2, 0.25) is 5.02 Å². The third kappa shape index (κ3) is 3.83. The molecule has 2 heterocycles. The molecule has 0 amide bonds. The van der Waals surface area contributed by atoms with Gasteiger partial charge in [0, 0.05) is 30.6 Å². The molecule has 0 bridgehead atoms. The second kappa shape index (κ2) is 6.88. The van der Waals surface area contributed by atoms with E-state index in [0.717, 1.165) is 47.5 Å². The molecular weight excluding hydrogens is 302 g/mol. The number of hydrogen-bond acceptors (Lipinski definition) is 4. The fourth-order valence-corrected chi connectivity index (χ4v) is 3.76. The van der Waals surface area contributed by atoms with E-state index in [1.54, 1.807) is 11.3 Å². The molecule has 0 radical (unpaired) electrons. The number of thiazole rings is 1. The van der Waals surface area contributed by atoms with E-state index in [-0.39, 0.29) is 0 Å². The number of hydrogen-bond donors (Lipinski definition) is 0. The van der Waals surface area contributed by atoms with E-state index in [9.17, 15) is 0 Å². The number of benzene rings is 1. The molecule has 1 saturated heterocycles. The molecule has 1 aromatic heterocycles. The number of rotatable bonds is 3. The van der Waals surface area contributed by atoms with Crippen molar-refractivity contribution in [3.63, 3.8) is 0 Å². The molecule has 2 aromatic rings. The van der Waals surface area contributed by atoms with Gasteiger partial charge in [0.25, 0.3) is 0 Å². The van der Waals surface area contributed by atoms with Crippen LogP contribution in [0.25, 0.3) is 10.6 Å². The van der Waals surface area contributed by atoms with Gasteiger partial charge < -0.3 is 4.90 Å². The van der Waals surface area contributed by atoms with Crippen LogP contribution in [0.4, 0.5) is 0 Å². The Balaban J connectivity index is 1.69. The van der Waals surface area contributed by atoms with Crippen molar-refractivity contribution in [2.75, 3.05) is 33.2 Å². The van der Waals surface area contributed by atoms with Crippen LogP contribution in [0.5, 0.6) is 0 Å². The number of nitrogens with zero attached hydrogens (tertiary/aromatic N) is 3. The van der Waals surface area contributed by atoms with Gasteiger partial charge in [-0.25, -0.2) is 4.98 Å². The Kier molecular flexibility index (Phi) is 4.91. The molecule has 21 heavy (non-hydrogen) atoms. The first-order valence-corrected chi connectivity index (χ1v) is 8.58. The minimum absolute atomic E-state index is 0.773. The molecule has 1 aromatic carbocycles. The summed E-state index contributed by atoms with van der Waals surface area (Å²) in [6, 6.07) is 7.91. The molecule has 112 valence electrons. The standard InChI is InChI=1S/C16H20ClN3S/c1-19-7-4-8-20(10-9-19)11-13-12-21-16(18-13)14-5-2-3-6-15(14)17/h2-3,5-6,12H,4,7-11H2,1H3. The Hall–Kier alpha value is -0.940. The van der Waals surface area contributed by atoms with Gasteiger partial charge in [0.1, 0.15) is 5.01 Å². The Morgan fingerprint density at radius 1 is 1.19 bits per heavy atom. The summed E-state index contributed by atoms with van der Waals surface area (Å²) in [6.07, 6.45) is 1.23. The van der Waals surface area contributed by atoms with Crippen molar-refractivity contribution in [1.82, 2.24) is 14.8 Å². The van der Waals surface area contributed by atoms with E-state index < -0.39 is 0 Å². The Bertz CT molecular complexity index is 599. The van der Waals surface area contributed by atoms with Crippen LogP contribution in [0, 0.1) is 0 Å². The van der Waals surface area contributed by atoms with Gasteiger partial charge in [-0.05, 0) is 32.6 Å². The summed E-state index contributed by atoms with van der Waals surface area (Å²) in [4.78, 5) is 9.66. The third-order valence-corrected chi connectivity index (χ3v) is 5.11. The van der Waals surface area contributed by atoms with E-state index in [1.165, 1.54) is 13.0 Å². The van der Waals surface area contributed by atoms with Crippen LogP contribution >= 0.6 is 22.9 Å². The van der Waals surface area contributed by atoms with Crippen molar-refractivity contribution in [1.29, 1.82) is 0 Å². The number of likely N-dealkylation sites (N-methyl/N-ethyl adjacent to an activating group) is 1. The zero-order valence-electron chi connectivity index (χ0n) is 12.3. The highest BCUT2D eigenvalue weighted by molar-refractivity contribution is 7.13. The largest absolute Gasteiger partial charge is 0.305 e. The van der Waals surface area contributed by atoms with Crippen LogP contribution < -0.4 is 0 Å². The molecule has 3 rings (SSSR count). The van der Waals surface area contributed by atoms with E-state index in [4.69, 9.17) is 16.6 Å². The normalized spacial score (nSPS) is 17.8. The molecule has 1 fully saturated rings. The van der Waals surface area contributed by atoms with Crippen LogP contribution in [0.1, 0.15) is 12.1 Å². The van der Waals surface area contributed by atoms with Gasteiger partial charge in [-0.15, -0.1) is 11.3 Å². The summed E-state index contributed by atoms with van der Waals surface area (Å²) < 4.78 is 0. The smallest absolute Gasteiger partial charge is 0.125 e. The van der Waals surface area contributed by atoms with Gasteiger partial charge in [0.05, 0.1) is 10.7 Å². The van der Waals surface area contributed by atoms with Gasteiger partial charge in [-0.1, -0.05) is 29.8 Å². The number of halogens is 1. The zero-order chi connectivity index (χ0) is 14.7. The Morgan fingerprint density at radius 3 is 2.90 bits per heavy atom. The maximum Gasteiger partial charge on any atom is 0.125 e. The predicted molar refractivity (Wildman–Crippen MR) is 90.0 cm³/mol. The Morgan fingerprint density at radius 2 is 2.05 bits per heavy atom. The second-order valence-corrected chi connectivity index (χ2v) is 6.82. The van der Waals surface area contributed by atoms with E-state index in [1.807, 2.05) is 24.3 Å². The van der Waals surface area contributed by atoms with Gasteiger partial charge in [-0.2, -0.15) is 0 Å². The molecule has 1 aliphatic heterocycles. The first-order chi connectivity index (χ1) is 10.2. The van der Waals surface area contributed by atoms with Crippen LogP contribution in [0.3, 0.4) is 0 Å². The lowest BCUT2D eigenvalue weighted by Gasteiger charge is -2.18. The fraction of sp³-hybridized carbons (Fsp3) is 0.438. The summed E-state index contributed by atoms with van der Waals surface area (Å²) in [5.41, 5.74) is 2.19. The summed E-state index contributed by atoms with van der Waals surface area (Å²) >= 11 is 7.93. The van der Waals surface area contributed by atoms with Crippen molar-refractivity contribution in [2.24, 2.45) is 0 Å². The first-order valence-electron chi connectivity index (χ1n) is 7.32. The molecule has 0 spiro atoms. The highest BCUT2D eigenvalue weighted by Crippen LogP contribution is 2.30. The molecule has 0 saturated carbocycles. The van der Waals surface area contributed by atoms with Gasteiger partial charge in [-0.3, -0.25) is 4.90 Å². The maximum atomic E-state index is 6.25. The minimum atomic E-state index is 0.773. The van der Waals surface area contributed by atoms with Gasteiger partial charge in [0.15, 0.2) is 0 Å². The first kappa shape index (κ1) is 15.0. The highest BCUT2D eigenvalue weighted by Gasteiger charge is 2.14. The molecular formula is C16H20ClN3S. The molecule has 1 aliphatic rings. The van der Waals surface area contributed by atoms with Crippen molar-refractivity contribution in [3.05, 3.63) is 40.4 Å². The topological polar surface area (TPSA) is 19.4 Å². The van der Waals surface area contributed by atoms with E-state index in [2.05, 4.69) is 22.2 Å². The lowest BCUT2D eigenvalue weighted by Crippen LogP contribution is -2.28. The summed E-state index contributed by atoms with van der Waals surface area (Å²) in [5.74, 6) is 0. The van der Waals surface area contributed by atoms with Gasteiger partial charge in [0.2, 0.25) is 0 Å². The SMILES string of the molecule is CN1CCCN(Cc2csc(-c3ccccc3Cl)n2)CC1. The molecule has 0 unspecified atom stereocenters. The van der Waals surface area contributed by atoms with Crippen LogP contribution in [-0.2, 0) is 6.54 Å². The molecule has 5 heteroatoms. The van der Waals surface area contributed by atoms with E-state index >= 15 is 0 Å². The summed E-state index contributed by atoms with van der Waals surface area (Å²) in [6.45, 7) is 5.55. The molecule has 3 nitrogen and oxygen atoms in total. The lowest BCUT2D eigenvalue weighted by molar-refractivity contribution is 0.267. The lowest BCUT2D eigenvalue weighted by atomic mass is 10.2. The van der Waals surface area contributed by atoms with Gasteiger partial charge >= 0.3 is 0 Å². The summed E-state index contributed by atoms with van der Waals surface area (Å²) in [7, 11) is 2.20. The Labute approximate surface area is 135 Å². The monoisotopic (exact) mass is 321 g/mol. The van der Waals surface area contributed by atoms with E-state index in [0.29, 0.717) is 0 Å². The van der Waals surface area contributed by atoms with Crippen molar-refractivity contribution in [3.8, 4) is 10.6 Å². The van der Waals surface area contributed by atoms with Crippen molar-refractivity contribution >= 4 is 22.9 Å². The fourth-order valence-electron chi connectivity index (χ4n) is 2.63. The van der Waals surface area contributed by atoms with Crippen molar-refractivity contribution < 1.29 is 0 Å². The van der Waals surface area contributed by atoms with Crippen LogP contribution in [-0.4, -0.2) is 48.0 Å². The molecule has 0 N–H and O–H groups in total. The average molecular weight is 322 g/mol. The summed E-state index contributed by atoms with van der Waals surface area (Å²) in [5, 5.41) is 3.95. The highest BCUT2D eigenvalue weighted by atomic mass is 35.5. The quantitative estimate of drug-likeness (QED) is 0.861.